The first-order chi connectivity index (χ1) is 11.5. The van der Waals surface area contributed by atoms with Gasteiger partial charge in [0.05, 0.1) is 5.75 Å². The number of nitrogen functional groups attached to an aromatic ring is 1. The molecule has 0 bridgehead atoms. The molecule has 1 amide bonds. The predicted molar refractivity (Wildman–Crippen MR) is 94.4 cm³/mol. The molecular formula is C16H23N5O2S. The summed E-state index contributed by atoms with van der Waals surface area (Å²) in [4.78, 5) is 11.6. The Hall–Kier alpha value is -2.22. The van der Waals surface area contributed by atoms with E-state index in [1.54, 1.807) is 0 Å². The summed E-state index contributed by atoms with van der Waals surface area (Å²) in [7, 11) is 0. The largest absolute Gasteiger partial charge is 0.486 e. The smallest absolute Gasteiger partial charge is 0.230 e. The lowest BCUT2D eigenvalue weighted by molar-refractivity contribution is -0.118. The third-order valence-electron chi connectivity index (χ3n) is 3.20. The van der Waals surface area contributed by atoms with Crippen LogP contribution >= 0.6 is 11.8 Å². The first-order valence-electron chi connectivity index (χ1n) is 7.79. The lowest BCUT2D eigenvalue weighted by atomic mass is 10.1. The summed E-state index contributed by atoms with van der Waals surface area (Å²) in [5.41, 5.74) is 2.27. The second kappa shape index (κ2) is 8.58. The minimum atomic E-state index is -0.0436. The van der Waals surface area contributed by atoms with Crippen LogP contribution in [0.25, 0.3) is 0 Å². The van der Waals surface area contributed by atoms with Crippen LogP contribution in [0.3, 0.4) is 0 Å². The highest BCUT2D eigenvalue weighted by molar-refractivity contribution is 7.99. The van der Waals surface area contributed by atoms with Crippen molar-refractivity contribution in [2.24, 2.45) is 0 Å². The summed E-state index contributed by atoms with van der Waals surface area (Å²) in [6.07, 6.45) is 0.906. The highest BCUT2D eigenvalue weighted by atomic mass is 32.2. The Labute approximate surface area is 145 Å². The zero-order valence-electron chi connectivity index (χ0n) is 14.2. The zero-order chi connectivity index (χ0) is 17.5. The number of hydrogen-bond donors (Lipinski definition) is 2. The van der Waals surface area contributed by atoms with Crippen molar-refractivity contribution in [2.45, 2.75) is 39.0 Å². The second-order valence-electron chi connectivity index (χ2n) is 5.52. The molecule has 1 aromatic heterocycles. The van der Waals surface area contributed by atoms with Crippen LogP contribution in [0.1, 0.15) is 30.3 Å². The van der Waals surface area contributed by atoms with Crippen molar-refractivity contribution < 1.29 is 9.53 Å². The number of aryl methyl sites for hydroxylation is 2. The molecule has 8 heteroatoms. The van der Waals surface area contributed by atoms with Gasteiger partial charge in [-0.15, -0.1) is 10.2 Å². The van der Waals surface area contributed by atoms with Gasteiger partial charge >= 0.3 is 0 Å². The van der Waals surface area contributed by atoms with Gasteiger partial charge in [0.2, 0.25) is 11.1 Å². The van der Waals surface area contributed by atoms with Crippen LogP contribution in [-0.2, 0) is 11.4 Å². The van der Waals surface area contributed by atoms with E-state index in [0.717, 1.165) is 23.3 Å². The number of nitrogens with two attached hydrogens (primary N) is 1. The third kappa shape index (κ3) is 5.16. The van der Waals surface area contributed by atoms with Crippen molar-refractivity contribution in [1.82, 2.24) is 20.2 Å². The summed E-state index contributed by atoms with van der Waals surface area (Å²) >= 11 is 1.25. The van der Waals surface area contributed by atoms with E-state index in [4.69, 9.17) is 10.6 Å². The van der Waals surface area contributed by atoms with Crippen molar-refractivity contribution in [1.29, 1.82) is 0 Å². The fourth-order valence-corrected chi connectivity index (χ4v) is 2.82. The van der Waals surface area contributed by atoms with E-state index in [-0.39, 0.29) is 18.3 Å². The fourth-order valence-electron chi connectivity index (χ4n) is 2.11. The molecule has 0 fully saturated rings. The highest BCUT2D eigenvalue weighted by Crippen LogP contribution is 2.18. The summed E-state index contributed by atoms with van der Waals surface area (Å²) in [6, 6.07) is 5.99. The molecule has 7 nitrogen and oxygen atoms in total. The molecule has 1 aromatic carbocycles. The van der Waals surface area contributed by atoms with E-state index < -0.39 is 0 Å². The summed E-state index contributed by atoms with van der Waals surface area (Å²) < 4.78 is 7.10. The minimum absolute atomic E-state index is 0.0436. The van der Waals surface area contributed by atoms with E-state index in [2.05, 4.69) is 21.6 Å². The molecule has 2 aromatic rings. The van der Waals surface area contributed by atoms with Crippen LogP contribution < -0.4 is 15.9 Å². The lowest BCUT2D eigenvalue weighted by Crippen LogP contribution is -2.26. The molecule has 0 atom stereocenters. The topological polar surface area (TPSA) is 95.1 Å². The molecule has 0 aliphatic carbocycles. The first-order valence-corrected chi connectivity index (χ1v) is 8.78. The maximum absolute atomic E-state index is 11.6. The Kier molecular flexibility index (Phi) is 6.48. The lowest BCUT2D eigenvalue weighted by Gasteiger charge is -2.08. The van der Waals surface area contributed by atoms with Gasteiger partial charge in [0.1, 0.15) is 12.4 Å². The number of nitrogens with one attached hydrogen (secondary N) is 1. The van der Waals surface area contributed by atoms with Gasteiger partial charge in [0.15, 0.2) is 5.82 Å². The molecule has 0 saturated carbocycles. The zero-order valence-corrected chi connectivity index (χ0v) is 15.0. The summed E-state index contributed by atoms with van der Waals surface area (Å²) in [6.45, 7) is 6.93. The highest BCUT2D eigenvalue weighted by Gasteiger charge is 2.12. The van der Waals surface area contributed by atoms with Gasteiger partial charge in [-0.25, -0.2) is 4.68 Å². The number of benzene rings is 1. The number of carbonyl (C=O) groups is 1. The Morgan fingerprint density at radius 2 is 2.00 bits per heavy atom. The quantitative estimate of drug-likeness (QED) is 0.557. The number of amides is 1. The Morgan fingerprint density at radius 1 is 1.29 bits per heavy atom. The van der Waals surface area contributed by atoms with E-state index in [1.165, 1.54) is 16.4 Å². The molecule has 0 aliphatic rings. The third-order valence-corrected chi connectivity index (χ3v) is 4.15. The molecule has 0 unspecified atom stereocenters. The van der Waals surface area contributed by atoms with E-state index in [9.17, 15) is 4.79 Å². The number of nitrogens with zero attached hydrogens (tertiary/aromatic N) is 3. The van der Waals surface area contributed by atoms with Crippen molar-refractivity contribution in [3.8, 4) is 5.75 Å². The van der Waals surface area contributed by atoms with Crippen LogP contribution in [0, 0.1) is 13.8 Å². The second-order valence-corrected chi connectivity index (χ2v) is 6.46. The molecule has 130 valence electrons. The van der Waals surface area contributed by atoms with Gasteiger partial charge in [-0.05, 0) is 43.5 Å². The number of rotatable bonds is 8. The van der Waals surface area contributed by atoms with Gasteiger partial charge < -0.3 is 15.9 Å². The van der Waals surface area contributed by atoms with Gasteiger partial charge in [0, 0.05) is 6.54 Å². The van der Waals surface area contributed by atoms with Crippen LogP contribution in [-0.4, -0.2) is 33.1 Å². The van der Waals surface area contributed by atoms with Crippen molar-refractivity contribution in [2.75, 3.05) is 18.1 Å². The number of carbonyl (C=O) groups excluding carboxylic acids is 1. The minimum Gasteiger partial charge on any atom is -0.486 e. The fraction of sp³-hybridized carbons (Fsp3) is 0.438. The van der Waals surface area contributed by atoms with E-state index >= 15 is 0 Å². The maximum Gasteiger partial charge on any atom is 0.230 e. The van der Waals surface area contributed by atoms with Gasteiger partial charge in [-0.2, -0.15) is 0 Å². The average molecular weight is 349 g/mol. The standard InChI is InChI=1S/C16H23N5O2S/c1-4-5-18-15(22)10-24-16-20-19-14(21(16)17)9-23-13-7-11(2)6-12(3)8-13/h6-8H,4-5,9-10,17H2,1-3H3,(H,18,22). The molecule has 1 heterocycles. The van der Waals surface area contributed by atoms with Crippen molar-refractivity contribution in [3.05, 3.63) is 35.2 Å². The molecule has 24 heavy (non-hydrogen) atoms. The van der Waals surface area contributed by atoms with E-state index in [0.29, 0.717) is 17.5 Å². The number of thioether (sulfide) groups is 1. The molecule has 0 aliphatic heterocycles. The van der Waals surface area contributed by atoms with Crippen molar-refractivity contribution in [3.63, 3.8) is 0 Å². The number of hydrogen-bond acceptors (Lipinski definition) is 6. The van der Waals surface area contributed by atoms with E-state index in [1.807, 2.05) is 32.9 Å². The first kappa shape index (κ1) is 18.1. The molecule has 0 radical (unpaired) electrons. The average Bonchev–Trinajstić information content (AvgIpc) is 2.88. The molecule has 0 spiro atoms. The number of ether oxygens (including phenoxy) is 1. The van der Waals surface area contributed by atoms with Crippen LogP contribution in [0.4, 0.5) is 0 Å². The van der Waals surface area contributed by atoms with Crippen LogP contribution in [0.5, 0.6) is 5.75 Å². The normalized spacial score (nSPS) is 10.6. The summed E-state index contributed by atoms with van der Waals surface area (Å²) in [5.74, 6) is 7.46. The molecule has 3 N–H and O–H groups in total. The summed E-state index contributed by atoms with van der Waals surface area (Å²) in [5, 5.41) is 11.3. The Bertz CT molecular complexity index is 682. The van der Waals surface area contributed by atoms with Crippen molar-refractivity contribution >= 4 is 17.7 Å². The predicted octanol–water partition coefficient (Wildman–Crippen LogP) is 1.81. The molecule has 0 saturated heterocycles. The monoisotopic (exact) mass is 349 g/mol. The van der Waals surface area contributed by atoms with Gasteiger partial charge in [-0.1, -0.05) is 24.8 Å². The maximum atomic E-state index is 11.6. The molecule has 2 rings (SSSR count). The molecular weight excluding hydrogens is 326 g/mol. The van der Waals surface area contributed by atoms with Crippen LogP contribution in [0.2, 0.25) is 0 Å². The number of aromatic nitrogens is 3. The van der Waals surface area contributed by atoms with Crippen LogP contribution in [0.15, 0.2) is 23.4 Å². The van der Waals surface area contributed by atoms with Gasteiger partial charge in [-0.3, -0.25) is 4.79 Å². The Balaban J connectivity index is 1.91. The Morgan fingerprint density at radius 3 is 2.67 bits per heavy atom. The van der Waals surface area contributed by atoms with Gasteiger partial charge in [0.25, 0.3) is 0 Å². The SMILES string of the molecule is CCCNC(=O)CSc1nnc(COc2cc(C)cc(C)c2)n1N.